The molecule has 4 aromatic carbocycles. The van der Waals surface area contributed by atoms with Crippen molar-refractivity contribution in [1.82, 2.24) is 0 Å². The number of phenolic OH excluding ortho intramolecular Hbond substituents is 1. The van der Waals surface area contributed by atoms with Crippen LogP contribution in [0, 0.1) is 30.6 Å². The lowest BCUT2D eigenvalue weighted by atomic mass is 10.1. The summed E-state index contributed by atoms with van der Waals surface area (Å²) in [5.41, 5.74) is 5.11. The highest BCUT2D eigenvalue weighted by Crippen LogP contribution is 2.23. The first kappa shape index (κ1) is 23.3. The third kappa shape index (κ3) is 6.60. The molecule has 0 aliphatic carbocycles. The molecule has 4 rings (SSSR count). The molecule has 0 radical (unpaired) electrons. The van der Waals surface area contributed by atoms with Crippen molar-refractivity contribution in [1.29, 1.82) is 0 Å². The minimum absolute atomic E-state index is 0.242. The minimum Gasteiger partial charge on any atom is -0.508 e. The van der Waals surface area contributed by atoms with Crippen LogP contribution >= 0.6 is 23.2 Å². The van der Waals surface area contributed by atoms with Gasteiger partial charge in [0, 0.05) is 32.3 Å². The second kappa shape index (κ2) is 10.9. The molecule has 166 valence electrons. The van der Waals surface area contributed by atoms with Gasteiger partial charge in [-0.2, -0.15) is 0 Å². The molecule has 0 bridgehead atoms. The molecule has 0 unspecified atom stereocenters. The van der Waals surface area contributed by atoms with Crippen LogP contribution in [0.3, 0.4) is 0 Å². The summed E-state index contributed by atoms with van der Waals surface area (Å²) in [6.07, 6.45) is 0. The molecular formula is C30H20Cl2O2. The number of ether oxygens (including phenoxy) is 1. The van der Waals surface area contributed by atoms with Crippen molar-refractivity contribution in [3.05, 3.63) is 128 Å². The first-order valence-corrected chi connectivity index (χ1v) is 11.3. The Balaban J connectivity index is 1.63. The van der Waals surface area contributed by atoms with Gasteiger partial charge in [0.15, 0.2) is 0 Å². The lowest BCUT2D eigenvalue weighted by molar-refractivity contribution is 0.305. The van der Waals surface area contributed by atoms with Gasteiger partial charge in [0.2, 0.25) is 0 Å². The zero-order valence-electron chi connectivity index (χ0n) is 18.4. The summed E-state index contributed by atoms with van der Waals surface area (Å²) in [5, 5.41) is 11.1. The molecule has 0 atom stereocenters. The van der Waals surface area contributed by atoms with Crippen LogP contribution in [0.15, 0.2) is 84.9 Å². The predicted molar refractivity (Wildman–Crippen MR) is 138 cm³/mol. The van der Waals surface area contributed by atoms with Crippen LogP contribution in [0.1, 0.15) is 33.4 Å². The van der Waals surface area contributed by atoms with Gasteiger partial charge >= 0.3 is 0 Å². The fourth-order valence-electron chi connectivity index (χ4n) is 3.16. The van der Waals surface area contributed by atoms with Crippen LogP contribution in [0.2, 0.25) is 10.0 Å². The zero-order valence-corrected chi connectivity index (χ0v) is 19.9. The SMILES string of the molecule is Cc1cc(OCc2cc(C#Cc3ccc(Cl)cc3)cc(C#Cc3ccc(Cl)cc3)c2)ccc1O. The average Bonchev–Trinajstić information content (AvgIpc) is 2.84. The molecule has 4 aromatic rings. The molecule has 0 aromatic heterocycles. The van der Waals surface area contributed by atoms with Gasteiger partial charge in [-0.1, -0.05) is 46.9 Å². The molecule has 0 fully saturated rings. The van der Waals surface area contributed by atoms with Gasteiger partial charge in [-0.15, -0.1) is 0 Å². The Morgan fingerprint density at radius 3 is 1.65 bits per heavy atom. The Morgan fingerprint density at radius 1 is 0.647 bits per heavy atom. The van der Waals surface area contributed by atoms with Crippen LogP contribution in [-0.4, -0.2) is 5.11 Å². The van der Waals surface area contributed by atoms with Crippen LogP contribution in [0.25, 0.3) is 0 Å². The van der Waals surface area contributed by atoms with Gasteiger partial charge in [0.05, 0.1) is 0 Å². The predicted octanol–water partition coefficient (Wildman–Crippen LogP) is 7.39. The Kier molecular flexibility index (Phi) is 7.46. The van der Waals surface area contributed by atoms with Gasteiger partial charge in [0.1, 0.15) is 18.1 Å². The molecule has 0 spiro atoms. The van der Waals surface area contributed by atoms with E-state index in [1.165, 1.54) is 0 Å². The largest absolute Gasteiger partial charge is 0.508 e. The van der Waals surface area contributed by atoms with E-state index in [4.69, 9.17) is 27.9 Å². The highest BCUT2D eigenvalue weighted by molar-refractivity contribution is 6.30. The van der Waals surface area contributed by atoms with Crippen molar-refractivity contribution in [3.8, 4) is 35.2 Å². The van der Waals surface area contributed by atoms with Gasteiger partial charge < -0.3 is 9.84 Å². The summed E-state index contributed by atoms with van der Waals surface area (Å²) in [6.45, 7) is 2.18. The van der Waals surface area contributed by atoms with Gasteiger partial charge in [-0.25, -0.2) is 0 Å². The fourth-order valence-corrected chi connectivity index (χ4v) is 3.41. The number of hydrogen-bond donors (Lipinski definition) is 1. The first-order chi connectivity index (χ1) is 16.4. The van der Waals surface area contributed by atoms with E-state index >= 15 is 0 Å². The molecule has 0 heterocycles. The first-order valence-electron chi connectivity index (χ1n) is 10.6. The van der Waals surface area contributed by atoms with E-state index in [1.807, 2.05) is 73.7 Å². The molecule has 0 aliphatic rings. The van der Waals surface area contributed by atoms with E-state index in [9.17, 15) is 5.11 Å². The van der Waals surface area contributed by atoms with Crippen LogP contribution < -0.4 is 4.74 Å². The average molecular weight is 483 g/mol. The van der Waals surface area contributed by atoms with Crippen molar-refractivity contribution < 1.29 is 9.84 Å². The van der Waals surface area contributed by atoms with Gasteiger partial charge in [-0.3, -0.25) is 0 Å². The summed E-state index contributed by atoms with van der Waals surface area (Å²) in [4.78, 5) is 0. The fraction of sp³-hybridized carbons (Fsp3) is 0.0667. The second-order valence-electron chi connectivity index (χ2n) is 7.67. The van der Waals surface area contributed by atoms with Gasteiger partial charge in [0.25, 0.3) is 0 Å². The molecule has 1 N–H and O–H groups in total. The number of phenols is 1. The smallest absolute Gasteiger partial charge is 0.120 e. The van der Waals surface area contributed by atoms with E-state index in [1.54, 1.807) is 18.2 Å². The monoisotopic (exact) mass is 482 g/mol. The lowest BCUT2D eigenvalue weighted by Crippen LogP contribution is -1.97. The molecule has 0 saturated heterocycles. The Morgan fingerprint density at radius 2 is 1.15 bits per heavy atom. The maximum Gasteiger partial charge on any atom is 0.120 e. The van der Waals surface area contributed by atoms with Crippen LogP contribution in [0.5, 0.6) is 11.5 Å². The molecule has 4 heteroatoms. The number of halogens is 2. The Hall–Kier alpha value is -3.82. The zero-order chi connectivity index (χ0) is 23.9. The molecule has 0 aliphatic heterocycles. The standard InChI is InChI=1S/C30H20Cl2O2/c1-21-16-29(14-15-30(21)33)34-20-26-18-24(4-2-22-6-10-27(31)11-7-22)17-25(19-26)5-3-23-8-12-28(32)13-9-23/h6-19,33H,20H2,1H3. The quantitative estimate of drug-likeness (QED) is 0.308. The molecule has 0 saturated carbocycles. The number of aryl methyl sites for hydroxylation is 1. The van der Waals surface area contributed by atoms with E-state index in [0.717, 1.165) is 33.4 Å². The molecule has 2 nitrogen and oxygen atoms in total. The van der Waals surface area contributed by atoms with Crippen LogP contribution in [0.4, 0.5) is 0 Å². The molecule has 34 heavy (non-hydrogen) atoms. The molecule has 0 amide bonds. The van der Waals surface area contributed by atoms with E-state index in [0.29, 0.717) is 22.4 Å². The minimum atomic E-state index is 0.242. The van der Waals surface area contributed by atoms with Crippen molar-refractivity contribution in [2.24, 2.45) is 0 Å². The number of benzene rings is 4. The van der Waals surface area contributed by atoms with E-state index in [2.05, 4.69) is 23.7 Å². The number of hydrogen-bond acceptors (Lipinski definition) is 2. The Labute approximate surface area is 209 Å². The van der Waals surface area contributed by atoms with Crippen molar-refractivity contribution in [2.75, 3.05) is 0 Å². The maximum absolute atomic E-state index is 9.74. The summed E-state index contributed by atoms with van der Waals surface area (Å²) < 4.78 is 5.95. The van der Waals surface area contributed by atoms with Crippen molar-refractivity contribution in [2.45, 2.75) is 13.5 Å². The summed E-state index contributed by atoms with van der Waals surface area (Å²) in [5.74, 6) is 13.7. The molecular weight excluding hydrogens is 463 g/mol. The van der Waals surface area contributed by atoms with E-state index < -0.39 is 0 Å². The topological polar surface area (TPSA) is 29.5 Å². The van der Waals surface area contributed by atoms with E-state index in [-0.39, 0.29) is 5.75 Å². The Bertz CT molecular complexity index is 1350. The van der Waals surface area contributed by atoms with Crippen LogP contribution in [-0.2, 0) is 6.61 Å². The highest BCUT2D eigenvalue weighted by atomic mass is 35.5. The second-order valence-corrected chi connectivity index (χ2v) is 8.54. The number of aromatic hydroxyl groups is 1. The highest BCUT2D eigenvalue weighted by Gasteiger charge is 2.03. The maximum atomic E-state index is 9.74. The summed E-state index contributed by atoms with van der Waals surface area (Å²) >= 11 is 11.9. The third-order valence-corrected chi connectivity index (χ3v) is 5.46. The normalized spacial score (nSPS) is 9.97. The lowest BCUT2D eigenvalue weighted by Gasteiger charge is -2.09. The van der Waals surface area contributed by atoms with Crippen molar-refractivity contribution in [3.63, 3.8) is 0 Å². The summed E-state index contributed by atoms with van der Waals surface area (Å²) in [7, 11) is 0. The summed E-state index contributed by atoms with van der Waals surface area (Å²) in [6, 6.07) is 25.9. The van der Waals surface area contributed by atoms with Gasteiger partial charge in [-0.05, 0) is 103 Å². The van der Waals surface area contributed by atoms with Crippen molar-refractivity contribution >= 4 is 23.2 Å². The third-order valence-electron chi connectivity index (χ3n) is 4.96. The number of rotatable bonds is 3.